The second-order valence-electron chi connectivity index (χ2n) is 9.60. The van der Waals surface area contributed by atoms with Crippen LogP contribution in [-0.4, -0.2) is 50.3 Å². The van der Waals surface area contributed by atoms with Crippen molar-refractivity contribution in [2.45, 2.75) is 13.8 Å². The maximum atomic E-state index is 12.3. The summed E-state index contributed by atoms with van der Waals surface area (Å²) in [4.78, 5) is 35.1. The van der Waals surface area contributed by atoms with E-state index in [-0.39, 0.29) is 0 Å². The summed E-state index contributed by atoms with van der Waals surface area (Å²) in [6, 6.07) is 19.3. The molecule has 0 aliphatic heterocycles. The Morgan fingerprint density at radius 2 is 1.30 bits per heavy atom. The monoisotopic (exact) mass is 584 g/mol. The lowest BCUT2D eigenvalue weighted by atomic mass is 10.1. The lowest BCUT2D eigenvalue weighted by Crippen LogP contribution is -2.12. The van der Waals surface area contributed by atoms with Crippen LogP contribution < -0.4 is 11.1 Å². The third-order valence-corrected chi connectivity index (χ3v) is 6.41. The molecule has 220 valence electrons. The number of nitrogen functional groups attached to an aromatic ring is 1. The van der Waals surface area contributed by atoms with Crippen LogP contribution in [-0.2, 0) is 9.59 Å². The second kappa shape index (κ2) is 13.9. The van der Waals surface area contributed by atoms with Gasteiger partial charge in [-0.1, -0.05) is 24.3 Å². The molecule has 11 heteroatoms. The zero-order chi connectivity index (χ0) is 30.9. The van der Waals surface area contributed by atoms with Gasteiger partial charge in [-0.05, 0) is 72.5 Å². The van der Waals surface area contributed by atoms with Crippen LogP contribution in [0.4, 0.5) is 20.2 Å². The SMILES string of the molecule is Cc1c[nH]c2ncc(-c3cccc(N)c3)cc12.Cc1c[nH]c2ncc(-c3cccc(NC(=O)CF)c3)cc12.O=C(O)CF. The predicted molar refractivity (Wildman–Crippen MR) is 165 cm³/mol. The van der Waals surface area contributed by atoms with Crippen LogP contribution in [0.1, 0.15) is 11.1 Å². The highest BCUT2D eigenvalue weighted by Gasteiger charge is 2.07. The third kappa shape index (κ3) is 7.79. The number of aromatic nitrogens is 4. The van der Waals surface area contributed by atoms with E-state index in [0.717, 1.165) is 55.6 Å². The molecule has 0 saturated carbocycles. The van der Waals surface area contributed by atoms with Crippen LogP contribution in [0.2, 0.25) is 0 Å². The molecular weight excluding hydrogens is 554 g/mol. The number of hydrogen-bond acceptors (Lipinski definition) is 5. The lowest BCUT2D eigenvalue weighted by molar-refractivity contribution is -0.137. The average molecular weight is 585 g/mol. The van der Waals surface area contributed by atoms with Gasteiger partial charge in [-0.15, -0.1) is 0 Å². The summed E-state index contributed by atoms with van der Waals surface area (Å²) in [6.07, 6.45) is 7.53. The van der Waals surface area contributed by atoms with Crippen molar-refractivity contribution in [1.29, 1.82) is 0 Å². The first-order valence-corrected chi connectivity index (χ1v) is 13.2. The fourth-order valence-corrected chi connectivity index (χ4v) is 4.27. The molecule has 4 heterocycles. The number of pyridine rings is 2. The van der Waals surface area contributed by atoms with E-state index in [4.69, 9.17) is 15.6 Å². The normalized spacial score (nSPS) is 10.4. The molecule has 6 rings (SSSR count). The number of hydrogen-bond donors (Lipinski definition) is 5. The van der Waals surface area contributed by atoms with Crippen molar-refractivity contribution in [2.24, 2.45) is 0 Å². The Hall–Kier alpha value is -5.58. The fraction of sp³-hybridized carbons (Fsp3) is 0.125. The summed E-state index contributed by atoms with van der Waals surface area (Å²) < 4.78 is 22.8. The molecule has 0 aliphatic carbocycles. The Kier molecular flexibility index (Phi) is 9.79. The van der Waals surface area contributed by atoms with E-state index in [1.807, 2.05) is 68.0 Å². The Morgan fingerprint density at radius 3 is 1.79 bits per heavy atom. The van der Waals surface area contributed by atoms with E-state index in [9.17, 15) is 13.6 Å². The third-order valence-electron chi connectivity index (χ3n) is 6.41. The quantitative estimate of drug-likeness (QED) is 0.144. The van der Waals surface area contributed by atoms with E-state index in [0.29, 0.717) is 5.69 Å². The van der Waals surface area contributed by atoms with Gasteiger partial charge in [0.05, 0.1) is 0 Å². The van der Waals surface area contributed by atoms with Crippen molar-refractivity contribution in [3.8, 4) is 22.3 Å². The molecule has 4 aromatic heterocycles. The summed E-state index contributed by atoms with van der Waals surface area (Å²) in [5, 5.41) is 12.1. The molecule has 1 amide bonds. The molecule has 6 N–H and O–H groups in total. The van der Waals surface area contributed by atoms with E-state index < -0.39 is 25.2 Å². The molecule has 43 heavy (non-hydrogen) atoms. The number of nitrogens with two attached hydrogens (primary N) is 1. The molecular formula is C32H30F2N6O3. The number of alkyl halides is 2. The van der Waals surface area contributed by atoms with E-state index in [1.165, 1.54) is 5.56 Å². The summed E-state index contributed by atoms with van der Waals surface area (Å²) in [7, 11) is 0. The summed E-state index contributed by atoms with van der Waals surface area (Å²) in [5.74, 6) is -2.06. The van der Waals surface area contributed by atoms with Crippen molar-refractivity contribution < 1.29 is 23.5 Å². The zero-order valence-electron chi connectivity index (χ0n) is 23.5. The number of nitrogens with one attached hydrogen (secondary N) is 3. The Bertz CT molecular complexity index is 1880. The standard InChI is InChI=1S/C16H14FN3O.C14H13N3.C2H3FO2/c1-10-8-18-16-14(10)6-12(9-19-16)11-3-2-4-13(5-11)20-15(21)7-17;1-9-7-16-14-13(9)6-11(8-17-14)10-3-2-4-12(15)5-10;3-1-2(4)5/h2-6,8-9H,7H2,1H3,(H,18,19)(H,20,21);2-8H,15H2,1H3,(H,16,17);1H2,(H,4,5). The summed E-state index contributed by atoms with van der Waals surface area (Å²) in [5.41, 5.74) is 15.3. The number of nitrogens with zero attached hydrogens (tertiary/aromatic N) is 2. The van der Waals surface area contributed by atoms with Gasteiger partial charge in [-0.3, -0.25) is 4.79 Å². The number of fused-ring (bicyclic) bond motifs is 2. The molecule has 0 bridgehead atoms. The van der Waals surface area contributed by atoms with Gasteiger partial charge in [0.1, 0.15) is 11.3 Å². The minimum atomic E-state index is -1.41. The van der Waals surface area contributed by atoms with E-state index in [1.54, 1.807) is 18.3 Å². The van der Waals surface area contributed by atoms with Gasteiger partial charge in [0.2, 0.25) is 0 Å². The minimum absolute atomic E-state index is 0.570. The maximum Gasteiger partial charge on any atom is 0.335 e. The Balaban J connectivity index is 0.000000173. The number of halogens is 2. The van der Waals surface area contributed by atoms with Gasteiger partial charge in [0, 0.05) is 58.1 Å². The molecule has 0 radical (unpaired) electrons. The molecule has 0 atom stereocenters. The van der Waals surface area contributed by atoms with Crippen LogP contribution in [0, 0.1) is 13.8 Å². The van der Waals surface area contributed by atoms with Gasteiger partial charge in [-0.25, -0.2) is 23.5 Å². The van der Waals surface area contributed by atoms with Crippen LogP contribution in [0.25, 0.3) is 44.3 Å². The number of amides is 1. The van der Waals surface area contributed by atoms with Crippen molar-refractivity contribution in [3.05, 3.63) is 96.6 Å². The first kappa shape index (κ1) is 30.4. The first-order valence-electron chi connectivity index (χ1n) is 13.2. The van der Waals surface area contributed by atoms with Crippen LogP contribution in [0.5, 0.6) is 0 Å². The highest BCUT2D eigenvalue weighted by molar-refractivity contribution is 5.92. The topological polar surface area (TPSA) is 150 Å². The smallest absolute Gasteiger partial charge is 0.335 e. The molecule has 6 aromatic rings. The Morgan fingerprint density at radius 1 is 0.791 bits per heavy atom. The van der Waals surface area contributed by atoms with Crippen molar-refractivity contribution in [2.75, 3.05) is 24.4 Å². The molecule has 9 nitrogen and oxygen atoms in total. The van der Waals surface area contributed by atoms with Crippen molar-refractivity contribution in [1.82, 2.24) is 19.9 Å². The number of benzene rings is 2. The van der Waals surface area contributed by atoms with Gasteiger partial charge in [0.25, 0.3) is 5.91 Å². The zero-order valence-corrected chi connectivity index (χ0v) is 23.5. The number of rotatable bonds is 5. The molecule has 0 saturated heterocycles. The number of aromatic amines is 2. The van der Waals surface area contributed by atoms with Gasteiger partial charge in [-0.2, -0.15) is 0 Å². The van der Waals surface area contributed by atoms with E-state index in [2.05, 4.69) is 38.2 Å². The maximum absolute atomic E-state index is 12.3. The average Bonchev–Trinajstić information content (AvgIpc) is 3.59. The van der Waals surface area contributed by atoms with Gasteiger partial charge in [0.15, 0.2) is 13.3 Å². The number of carbonyl (C=O) groups excluding carboxylic acids is 1. The number of carboxylic acids is 1. The molecule has 0 aliphatic rings. The number of H-pyrrole nitrogens is 2. The van der Waals surface area contributed by atoms with Gasteiger partial charge < -0.3 is 26.1 Å². The highest BCUT2D eigenvalue weighted by Crippen LogP contribution is 2.27. The predicted octanol–water partition coefficient (Wildman–Crippen LogP) is 6.61. The lowest BCUT2D eigenvalue weighted by Gasteiger charge is -2.06. The minimum Gasteiger partial charge on any atom is -0.479 e. The van der Waals surface area contributed by atoms with Gasteiger partial charge >= 0.3 is 5.97 Å². The number of carboxylic acid groups (broad SMARTS) is 1. The number of anilines is 2. The molecule has 0 unspecified atom stereocenters. The number of aryl methyl sites for hydroxylation is 2. The number of aliphatic carboxylic acids is 1. The second-order valence-corrected chi connectivity index (χ2v) is 9.60. The molecule has 0 fully saturated rings. The van der Waals surface area contributed by atoms with Crippen molar-refractivity contribution >= 4 is 45.3 Å². The van der Waals surface area contributed by atoms with Crippen LogP contribution >= 0.6 is 0 Å². The summed E-state index contributed by atoms with van der Waals surface area (Å²) in [6.45, 7) is 1.78. The first-order chi connectivity index (χ1) is 20.7. The molecule has 2 aromatic carbocycles. The summed E-state index contributed by atoms with van der Waals surface area (Å²) >= 11 is 0. The largest absolute Gasteiger partial charge is 0.479 e. The van der Waals surface area contributed by atoms with E-state index >= 15 is 0 Å². The Labute approximate surface area is 245 Å². The fourth-order valence-electron chi connectivity index (χ4n) is 4.27. The molecule has 0 spiro atoms. The van der Waals surface area contributed by atoms with Crippen LogP contribution in [0.3, 0.4) is 0 Å². The van der Waals surface area contributed by atoms with Crippen LogP contribution in [0.15, 0.2) is 85.5 Å². The van der Waals surface area contributed by atoms with Crippen molar-refractivity contribution in [3.63, 3.8) is 0 Å². The highest BCUT2D eigenvalue weighted by atomic mass is 19.1. The number of carbonyl (C=O) groups is 2.